The maximum absolute atomic E-state index is 12.7. The van der Waals surface area contributed by atoms with Gasteiger partial charge < -0.3 is 19.9 Å². The van der Waals surface area contributed by atoms with Crippen LogP contribution in [0, 0.1) is 6.92 Å². The quantitative estimate of drug-likeness (QED) is 0.419. The lowest BCUT2D eigenvalue weighted by Crippen LogP contribution is -2.57. The third-order valence-electron chi connectivity index (χ3n) is 5.91. The van der Waals surface area contributed by atoms with Crippen molar-refractivity contribution in [2.24, 2.45) is 4.99 Å². The Bertz CT molecular complexity index is 692. The van der Waals surface area contributed by atoms with Gasteiger partial charge in [0.1, 0.15) is 12.4 Å². The standard InChI is InChI=1S/C23H37N5O2/c1-4-24-23(25-11-18-30-21-9-7-19(2)8-10-21)28-16-14-26(15-17-28)20(3)22(29)27-12-5-6-13-27/h7-10,20H,4-6,11-18H2,1-3H3,(H,24,25). The van der Waals surface area contributed by atoms with E-state index in [0.29, 0.717) is 13.2 Å². The summed E-state index contributed by atoms with van der Waals surface area (Å²) in [4.78, 5) is 24.1. The van der Waals surface area contributed by atoms with Gasteiger partial charge in [-0.3, -0.25) is 9.69 Å². The Hall–Kier alpha value is -2.28. The molecule has 2 aliphatic heterocycles. The van der Waals surface area contributed by atoms with Crippen molar-refractivity contribution in [1.29, 1.82) is 0 Å². The van der Waals surface area contributed by atoms with E-state index in [9.17, 15) is 4.79 Å². The SMILES string of the molecule is CCNC(=NCCOc1ccc(C)cc1)N1CCN(C(C)C(=O)N2CCCC2)CC1. The second-order valence-corrected chi connectivity index (χ2v) is 8.13. The van der Waals surface area contributed by atoms with E-state index < -0.39 is 0 Å². The molecule has 0 aromatic heterocycles. The molecule has 166 valence electrons. The maximum atomic E-state index is 12.7. The molecule has 7 heteroatoms. The highest BCUT2D eigenvalue weighted by Crippen LogP contribution is 2.14. The van der Waals surface area contributed by atoms with E-state index in [4.69, 9.17) is 9.73 Å². The number of ether oxygens (including phenoxy) is 1. The lowest BCUT2D eigenvalue weighted by molar-refractivity contribution is -0.135. The Morgan fingerprint density at radius 2 is 1.73 bits per heavy atom. The average molecular weight is 416 g/mol. The Morgan fingerprint density at radius 1 is 1.07 bits per heavy atom. The van der Waals surface area contributed by atoms with Gasteiger partial charge in [-0.1, -0.05) is 17.7 Å². The smallest absolute Gasteiger partial charge is 0.239 e. The zero-order valence-corrected chi connectivity index (χ0v) is 18.8. The Kier molecular flexibility index (Phi) is 8.37. The summed E-state index contributed by atoms with van der Waals surface area (Å²) in [6, 6.07) is 8.06. The first kappa shape index (κ1) is 22.4. The molecule has 30 heavy (non-hydrogen) atoms. The first-order valence-electron chi connectivity index (χ1n) is 11.3. The van der Waals surface area contributed by atoms with Crippen LogP contribution in [0.3, 0.4) is 0 Å². The maximum Gasteiger partial charge on any atom is 0.239 e. The number of aryl methyl sites for hydroxylation is 1. The molecule has 0 radical (unpaired) electrons. The number of nitrogens with zero attached hydrogens (tertiary/aromatic N) is 4. The highest BCUT2D eigenvalue weighted by molar-refractivity contribution is 5.82. The number of carbonyl (C=O) groups is 1. The first-order valence-corrected chi connectivity index (χ1v) is 11.3. The van der Waals surface area contributed by atoms with Crippen molar-refractivity contribution in [1.82, 2.24) is 20.0 Å². The third kappa shape index (κ3) is 6.11. The molecule has 0 bridgehead atoms. The first-order chi connectivity index (χ1) is 14.6. The summed E-state index contributed by atoms with van der Waals surface area (Å²) in [5.41, 5.74) is 1.23. The van der Waals surface area contributed by atoms with Crippen LogP contribution in [0.1, 0.15) is 32.3 Å². The normalized spacial score (nSPS) is 19.1. The second-order valence-electron chi connectivity index (χ2n) is 8.13. The van der Waals surface area contributed by atoms with E-state index in [1.807, 2.05) is 17.0 Å². The Labute approximate surface area is 181 Å². The monoisotopic (exact) mass is 415 g/mol. The van der Waals surface area contributed by atoms with E-state index in [0.717, 1.165) is 70.4 Å². The predicted octanol–water partition coefficient (Wildman–Crippen LogP) is 1.97. The lowest BCUT2D eigenvalue weighted by Gasteiger charge is -2.39. The van der Waals surface area contributed by atoms with E-state index in [1.54, 1.807) is 0 Å². The molecule has 2 aliphatic rings. The molecule has 0 saturated carbocycles. The van der Waals surface area contributed by atoms with Gasteiger partial charge in [-0.2, -0.15) is 0 Å². The lowest BCUT2D eigenvalue weighted by atomic mass is 10.2. The minimum atomic E-state index is -0.0346. The third-order valence-corrected chi connectivity index (χ3v) is 5.91. The van der Waals surface area contributed by atoms with Crippen LogP contribution in [0.25, 0.3) is 0 Å². The number of likely N-dealkylation sites (tertiary alicyclic amines) is 1. The number of rotatable bonds is 7. The molecule has 2 heterocycles. The number of amides is 1. The summed E-state index contributed by atoms with van der Waals surface area (Å²) in [6.07, 6.45) is 2.28. The molecule has 1 aromatic carbocycles. The molecule has 0 aliphatic carbocycles. The van der Waals surface area contributed by atoms with Crippen LogP contribution < -0.4 is 10.1 Å². The fraction of sp³-hybridized carbons (Fsp3) is 0.652. The number of hydrogen-bond acceptors (Lipinski definition) is 4. The van der Waals surface area contributed by atoms with E-state index in [2.05, 4.69) is 48.0 Å². The molecular weight excluding hydrogens is 378 g/mol. The molecule has 7 nitrogen and oxygen atoms in total. The molecule has 2 saturated heterocycles. The van der Waals surface area contributed by atoms with Crippen molar-refractivity contribution in [2.45, 2.75) is 39.7 Å². The van der Waals surface area contributed by atoms with E-state index in [-0.39, 0.29) is 11.9 Å². The van der Waals surface area contributed by atoms with E-state index >= 15 is 0 Å². The zero-order chi connectivity index (χ0) is 21.3. The molecule has 1 N–H and O–H groups in total. The van der Waals surface area contributed by atoms with Gasteiger partial charge in [-0.05, 0) is 45.7 Å². The highest BCUT2D eigenvalue weighted by atomic mass is 16.5. The topological polar surface area (TPSA) is 60.4 Å². The van der Waals surface area contributed by atoms with Crippen molar-refractivity contribution >= 4 is 11.9 Å². The zero-order valence-electron chi connectivity index (χ0n) is 18.8. The fourth-order valence-corrected chi connectivity index (χ4v) is 4.05. The van der Waals surface area contributed by atoms with Gasteiger partial charge in [0.2, 0.25) is 5.91 Å². The van der Waals surface area contributed by atoms with Crippen molar-refractivity contribution in [2.75, 3.05) is 59.0 Å². The van der Waals surface area contributed by atoms with Gasteiger partial charge in [0, 0.05) is 45.8 Å². The molecule has 1 atom stereocenters. The highest BCUT2D eigenvalue weighted by Gasteiger charge is 2.30. The van der Waals surface area contributed by atoms with E-state index in [1.165, 1.54) is 5.56 Å². The summed E-state index contributed by atoms with van der Waals surface area (Å²) in [6.45, 7) is 13.6. The van der Waals surface area contributed by atoms with Crippen LogP contribution in [0.2, 0.25) is 0 Å². The predicted molar refractivity (Wildman–Crippen MR) is 121 cm³/mol. The van der Waals surface area contributed by atoms with Gasteiger partial charge in [-0.25, -0.2) is 4.99 Å². The Morgan fingerprint density at radius 3 is 2.37 bits per heavy atom. The molecule has 3 rings (SSSR count). The van der Waals surface area contributed by atoms with Gasteiger partial charge in [0.05, 0.1) is 12.6 Å². The molecule has 0 spiro atoms. The number of guanidine groups is 1. The molecule has 1 unspecified atom stereocenters. The van der Waals surface area contributed by atoms with Crippen LogP contribution >= 0.6 is 0 Å². The minimum absolute atomic E-state index is 0.0346. The Balaban J connectivity index is 1.46. The van der Waals surface area contributed by atoms with Crippen LogP contribution in [-0.4, -0.2) is 91.6 Å². The van der Waals surface area contributed by atoms with Gasteiger partial charge >= 0.3 is 0 Å². The number of piperazine rings is 1. The molecule has 1 aromatic rings. The van der Waals surface area contributed by atoms with Crippen molar-refractivity contribution in [3.05, 3.63) is 29.8 Å². The van der Waals surface area contributed by atoms with Gasteiger partial charge in [0.15, 0.2) is 5.96 Å². The number of nitrogens with one attached hydrogen (secondary N) is 1. The van der Waals surface area contributed by atoms with Gasteiger partial charge in [-0.15, -0.1) is 0 Å². The largest absolute Gasteiger partial charge is 0.492 e. The van der Waals surface area contributed by atoms with Crippen molar-refractivity contribution in [3.8, 4) is 5.75 Å². The number of carbonyl (C=O) groups excluding carboxylic acids is 1. The second kappa shape index (κ2) is 11.2. The minimum Gasteiger partial charge on any atom is -0.492 e. The van der Waals surface area contributed by atoms with Crippen molar-refractivity contribution < 1.29 is 9.53 Å². The van der Waals surface area contributed by atoms with Crippen LogP contribution in [0.5, 0.6) is 5.75 Å². The van der Waals surface area contributed by atoms with Crippen LogP contribution in [0.15, 0.2) is 29.3 Å². The molecule has 1 amide bonds. The molecular formula is C23H37N5O2. The van der Waals surface area contributed by atoms with Crippen LogP contribution in [-0.2, 0) is 4.79 Å². The summed E-state index contributed by atoms with van der Waals surface area (Å²) in [5.74, 6) is 2.10. The summed E-state index contributed by atoms with van der Waals surface area (Å²) in [5, 5.41) is 3.40. The van der Waals surface area contributed by atoms with Crippen molar-refractivity contribution in [3.63, 3.8) is 0 Å². The summed E-state index contributed by atoms with van der Waals surface area (Å²) < 4.78 is 5.80. The van der Waals surface area contributed by atoms with Gasteiger partial charge in [0.25, 0.3) is 0 Å². The van der Waals surface area contributed by atoms with Crippen LogP contribution in [0.4, 0.5) is 0 Å². The summed E-state index contributed by atoms with van der Waals surface area (Å²) in [7, 11) is 0. The summed E-state index contributed by atoms with van der Waals surface area (Å²) >= 11 is 0. The number of aliphatic imine (C=N–C) groups is 1. The number of hydrogen-bond donors (Lipinski definition) is 1. The molecule has 2 fully saturated rings. The average Bonchev–Trinajstić information content (AvgIpc) is 3.31. The fourth-order valence-electron chi connectivity index (χ4n) is 4.05. The number of benzene rings is 1.